The number of rotatable bonds is 1. The van der Waals surface area contributed by atoms with E-state index in [2.05, 4.69) is 27.6 Å². The Morgan fingerprint density at radius 2 is 2.31 bits per heavy atom. The van der Waals surface area contributed by atoms with E-state index in [1.54, 1.807) is 6.20 Å². The summed E-state index contributed by atoms with van der Waals surface area (Å²) in [6, 6.07) is 0. The molecule has 13 heavy (non-hydrogen) atoms. The number of aryl methyl sites for hydroxylation is 1. The first-order valence-electron chi connectivity index (χ1n) is 3.80. The molecule has 0 radical (unpaired) electrons. The van der Waals surface area contributed by atoms with Gasteiger partial charge in [-0.2, -0.15) is 4.98 Å². The first-order valence-corrected chi connectivity index (χ1v) is 4.62. The van der Waals surface area contributed by atoms with Crippen LogP contribution in [0.2, 0.25) is 5.28 Å². The van der Waals surface area contributed by atoms with Crippen LogP contribution in [0.25, 0.3) is 11.2 Å². The number of imidazole rings is 1. The lowest BCUT2D eigenvalue weighted by Gasteiger charge is -1.98. The monoisotopic (exact) mass is 214 g/mol. The van der Waals surface area contributed by atoms with Gasteiger partial charge in [-0.05, 0) is 18.5 Å². The van der Waals surface area contributed by atoms with Gasteiger partial charge in [-0.1, -0.05) is 0 Å². The minimum Gasteiger partial charge on any atom is -0.304 e. The van der Waals surface area contributed by atoms with Gasteiger partial charge >= 0.3 is 0 Å². The molecule has 6 heteroatoms. The highest BCUT2D eigenvalue weighted by Gasteiger charge is 2.08. The molecule has 0 aliphatic rings. The molecule has 0 spiro atoms. The Morgan fingerprint density at radius 3 is 3.00 bits per heavy atom. The van der Waals surface area contributed by atoms with Crippen molar-refractivity contribution >= 4 is 35.4 Å². The van der Waals surface area contributed by atoms with Crippen LogP contribution in [-0.2, 0) is 6.54 Å². The van der Waals surface area contributed by atoms with Crippen molar-refractivity contribution in [3.63, 3.8) is 0 Å². The summed E-state index contributed by atoms with van der Waals surface area (Å²) >= 11 is 9.88. The van der Waals surface area contributed by atoms with Crippen molar-refractivity contribution in [2.75, 3.05) is 0 Å². The number of aromatic nitrogens is 4. The molecule has 0 saturated carbocycles. The van der Waals surface area contributed by atoms with Gasteiger partial charge in [0, 0.05) is 6.54 Å². The van der Waals surface area contributed by atoms with Gasteiger partial charge in [0.25, 0.3) is 0 Å². The summed E-state index contributed by atoms with van der Waals surface area (Å²) in [5.74, 6) is 0. The second kappa shape index (κ2) is 3.16. The van der Waals surface area contributed by atoms with Crippen molar-refractivity contribution < 1.29 is 0 Å². The normalized spacial score (nSPS) is 11.0. The van der Waals surface area contributed by atoms with Gasteiger partial charge in [0.15, 0.2) is 10.8 Å². The molecule has 68 valence electrons. The van der Waals surface area contributed by atoms with E-state index in [9.17, 15) is 0 Å². The number of thiol groups is 1. The molecule has 0 atom stereocenters. The van der Waals surface area contributed by atoms with E-state index in [0.29, 0.717) is 5.16 Å². The fraction of sp³-hybridized carbons (Fsp3) is 0.286. The van der Waals surface area contributed by atoms with Crippen LogP contribution >= 0.6 is 24.2 Å². The Labute approximate surface area is 85.4 Å². The fourth-order valence-electron chi connectivity index (χ4n) is 1.18. The molecule has 4 nitrogen and oxygen atoms in total. The topological polar surface area (TPSA) is 43.6 Å². The summed E-state index contributed by atoms with van der Waals surface area (Å²) in [6.45, 7) is 2.76. The molecule has 0 aliphatic carbocycles. The summed E-state index contributed by atoms with van der Waals surface area (Å²) in [7, 11) is 0. The largest absolute Gasteiger partial charge is 0.304 e. The highest BCUT2D eigenvalue weighted by atomic mass is 35.5. The Kier molecular flexibility index (Phi) is 2.13. The summed E-state index contributed by atoms with van der Waals surface area (Å²) in [5.41, 5.74) is 1.45. The van der Waals surface area contributed by atoms with Gasteiger partial charge in [0.2, 0.25) is 5.28 Å². The first kappa shape index (κ1) is 8.77. The molecule has 0 amide bonds. The van der Waals surface area contributed by atoms with Crippen LogP contribution in [0.3, 0.4) is 0 Å². The van der Waals surface area contributed by atoms with E-state index in [-0.39, 0.29) is 5.28 Å². The Morgan fingerprint density at radius 1 is 1.54 bits per heavy atom. The molecular formula is C7H7ClN4S. The number of hydrogen-bond acceptors (Lipinski definition) is 4. The molecule has 2 heterocycles. The number of halogens is 1. The van der Waals surface area contributed by atoms with Crippen LogP contribution in [0.5, 0.6) is 0 Å². The SMILES string of the molecule is CCn1c(S)nc2cnc(Cl)nc21. The van der Waals surface area contributed by atoms with Crippen molar-refractivity contribution in [3.8, 4) is 0 Å². The van der Waals surface area contributed by atoms with Gasteiger partial charge in [-0.25, -0.2) is 9.97 Å². The fourth-order valence-corrected chi connectivity index (χ4v) is 1.65. The second-order valence-corrected chi connectivity index (χ2v) is 3.24. The quantitative estimate of drug-likeness (QED) is 0.582. The molecule has 0 bridgehead atoms. The zero-order chi connectivity index (χ0) is 9.42. The maximum absolute atomic E-state index is 5.67. The molecule has 0 fully saturated rings. The first-order chi connectivity index (χ1) is 6.22. The van der Waals surface area contributed by atoms with Gasteiger partial charge in [0.1, 0.15) is 5.52 Å². The summed E-state index contributed by atoms with van der Waals surface area (Å²) in [5, 5.41) is 0.865. The van der Waals surface area contributed by atoms with Gasteiger partial charge in [0.05, 0.1) is 6.20 Å². The van der Waals surface area contributed by atoms with Crippen LogP contribution in [0, 0.1) is 0 Å². The molecule has 0 saturated heterocycles. The predicted molar refractivity (Wildman–Crippen MR) is 53.3 cm³/mol. The van der Waals surface area contributed by atoms with E-state index in [1.807, 2.05) is 11.5 Å². The average molecular weight is 215 g/mol. The van der Waals surface area contributed by atoms with Gasteiger partial charge < -0.3 is 4.57 Å². The van der Waals surface area contributed by atoms with Crippen LogP contribution in [0.15, 0.2) is 11.4 Å². The smallest absolute Gasteiger partial charge is 0.224 e. The van der Waals surface area contributed by atoms with Crippen molar-refractivity contribution in [2.45, 2.75) is 18.6 Å². The lowest BCUT2D eigenvalue weighted by Crippen LogP contribution is -1.96. The van der Waals surface area contributed by atoms with Crippen LogP contribution in [0.4, 0.5) is 0 Å². The third kappa shape index (κ3) is 1.38. The van der Waals surface area contributed by atoms with Crippen molar-refractivity contribution in [3.05, 3.63) is 11.5 Å². The summed E-state index contributed by atoms with van der Waals surface area (Å²) in [6.07, 6.45) is 1.59. The minimum absolute atomic E-state index is 0.232. The molecular weight excluding hydrogens is 208 g/mol. The predicted octanol–water partition coefficient (Wildman–Crippen LogP) is 1.79. The molecule has 2 aromatic heterocycles. The molecule has 2 rings (SSSR count). The van der Waals surface area contributed by atoms with E-state index in [0.717, 1.165) is 17.7 Å². The third-order valence-electron chi connectivity index (χ3n) is 1.75. The molecule has 0 N–H and O–H groups in total. The number of nitrogens with zero attached hydrogens (tertiary/aromatic N) is 4. The molecule has 2 aromatic rings. The number of fused-ring (bicyclic) bond motifs is 1. The Bertz CT molecular complexity index is 453. The molecule has 0 unspecified atom stereocenters. The highest BCUT2D eigenvalue weighted by Crippen LogP contribution is 2.16. The summed E-state index contributed by atoms with van der Waals surface area (Å²) in [4.78, 5) is 12.1. The Hall–Kier alpha value is -0.810. The minimum atomic E-state index is 0.232. The number of hydrogen-bond donors (Lipinski definition) is 1. The maximum atomic E-state index is 5.67. The maximum Gasteiger partial charge on any atom is 0.224 e. The van der Waals surface area contributed by atoms with Crippen LogP contribution < -0.4 is 0 Å². The van der Waals surface area contributed by atoms with E-state index >= 15 is 0 Å². The lowest BCUT2D eigenvalue weighted by atomic mass is 10.5. The second-order valence-electron chi connectivity index (χ2n) is 2.50. The van der Waals surface area contributed by atoms with Crippen LogP contribution in [0.1, 0.15) is 6.92 Å². The van der Waals surface area contributed by atoms with E-state index < -0.39 is 0 Å². The zero-order valence-corrected chi connectivity index (χ0v) is 8.55. The summed E-state index contributed by atoms with van der Waals surface area (Å²) < 4.78 is 1.87. The molecule has 0 aromatic carbocycles. The lowest BCUT2D eigenvalue weighted by molar-refractivity contribution is 0.698. The van der Waals surface area contributed by atoms with E-state index in [4.69, 9.17) is 11.6 Å². The highest BCUT2D eigenvalue weighted by molar-refractivity contribution is 7.80. The van der Waals surface area contributed by atoms with Crippen molar-refractivity contribution in [2.24, 2.45) is 0 Å². The van der Waals surface area contributed by atoms with Gasteiger partial charge in [-0.15, -0.1) is 12.6 Å². The zero-order valence-electron chi connectivity index (χ0n) is 6.90. The van der Waals surface area contributed by atoms with Crippen LogP contribution in [-0.4, -0.2) is 19.5 Å². The van der Waals surface area contributed by atoms with Crippen molar-refractivity contribution in [1.29, 1.82) is 0 Å². The van der Waals surface area contributed by atoms with E-state index in [1.165, 1.54) is 0 Å². The Balaban J connectivity index is 2.80. The average Bonchev–Trinajstić information content (AvgIpc) is 2.40. The van der Waals surface area contributed by atoms with Gasteiger partial charge in [-0.3, -0.25) is 0 Å². The molecule has 0 aliphatic heterocycles. The standard InChI is InChI=1S/C7H7ClN4S/c1-2-12-5-4(10-7(12)13)3-9-6(8)11-5/h3H,2H2,1H3,(H,10,13). The van der Waals surface area contributed by atoms with Crippen molar-refractivity contribution in [1.82, 2.24) is 19.5 Å². The third-order valence-corrected chi connectivity index (χ3v) is 2.28.